The topological polar surface area (TPSA) is 134 Å². The molecule has 2 aromatic carbocycles. The molecule has 14 heteroatoms. The fraction of sp³-hybridized carbons (Fsp3) is 0.303. The van der Waals surface area contributed by atoms with Crippen molar-refractivity contribution in [1.82, 2.24) is 39.6 Å². The smallest absolute Gasteiger partial charge is 0.231 e. The Morgan fingerprint density at radius 1 is 0.894 bits per heavy atom. The van der Waals surface area contributed by atoms with Gasteiger partial charge in [0.15, 0.2) is 11.5 Å². The van der Waals surface area contributed by atoms with Crippen LogP contribution in [0.2, 0.25) is 0 Å². The lowest BCUT2D eigenvalue weighted by atomic mass is 10.0. The van der Waals surface area contributed by atoms with Crippen molar-refractivity contribution in [2.45, 2.75) is 0 Å². The molecule has 13 nitrogen and oxygen atoms in total. The number of ether oxygens (including phenoxy) is 2. The maximum atomic E-state index is 6.40. The van der Waals surface area contributed by atoms with Gasteiger partial charge in [0.1, 0.15) is 24.7 Å². The normalized spacial score (nSPS) is 15.1. The Kier molecular flexibility index (Phi) is 7.49. The van der Waals surface area contributed by atoms with E-state index in [-0.39, 0.29) is 0 Å². The van der Waals surface area contributed by atoms with Gasteiger partial charge in [0.05, 0.1) is 34.0 Å². The molecule has 0 amide bonds. The number of hydrogen-bond acceptors (Lipinski definition) is 11. The molecule has 0 aliphatic carbocycles. The second-order valence-corrected chi connectivity index (χ2v) is 14.3. The van der Waals surface area contributed by atoms with Gasteiger partial charge in [-0.15, -0.1) is 0 Å². The van der Waals surface area contributed by atoms with Crippen LogP contribution in [0, 0.1) is 0 Å². The van der Waals surface area contributed by atoms with Crippen molar-refractivity contribution in [3.05, 3.63) is 55.2 Å². The van der Waals surface area contributed by atoms with Gasteiger partial charge in [-0.3, -0.25) is 14.6 Å². The number of aromatic amines is 1. The number of likely N-dealkylation sites (N-methyl/N-ethyl adjacent to an activating group) is 1. The maximum Gasteiger partial charge on any atom is 0.231 e. The number of H-pyrrole nitrogens is 1. The van der Waals surface area contributed by atoms with Gasteiger partial charge in [-0.05, 0) is 44.6 Å². The summed E-state index contributed by atoms with van der Waals surface area (Å²) in [4.78, 5) is 27.1. The molecule has 0 unspecified atom stereocenters. The Morgan fingerprint density at radius 3 is 2.49 bits per heavy atom. The molecule has 2 aliphatic rings. The van der Waals surface area contributed by atoms with E-state index in [0.29, 0.717) is 36.4 Å². The van der Waals surface area contributed by atoms with Crippen molar-refractivity contribution in [3.63, 3.8) is 0 Å². The average molecular weight is 650 g/mol. The largest absolute Gasteiger partial charge is 0.484 e. The van der Waals surface area contributed by atoms with Crippen LogP contribution in [0.5, 0.6) is 11.5 Å². The van der Waals surface area contributed by atoms with Crippen molar-refractivity contribution in [2.75, 3.05) is 75.3 Å². The molecule has 0 atom stereocenters. The number of anilines is 5. The molecule has 6 heterocycles. The van der Waals surface area contributed by atoms with E-state index in [1.54, 1.807) is 12.4 Å². The Balaban J connectivity index is 1.23. The zero-order valence-corrected chi connectivity index (χ0v) is 27.7. The van der Waals surface area contributed by atoms with E-state index in [9.17, 15) is 0 Å². The van der Waals surface area contributed by atoms with Crippen molar-refractivity contribution in [1.29, 1.82) is 0 Å². The lowest BCUT2D eigenvalue weighted by molar-refractivity contribution is 0.172. The van der Waals surface area contributed by atoms with Crippen molar-refractivity contribution < 1.29 is 9.47 Å². The molecule has 8 rings (SSSR count). The van der Waals surface area contributed by atoms with Crippen LogP contribution in [0.1, 0.15) is 0 Å². The molecular formula is C33H36N11O2P. The monoisotopic (exact) mass is 649 g/mol. The van der Waals surface area contributed by atoms with Gasteiger partial charge in [-0.1, -0.05) is 7.92 Å². The summed E-state index contributed by atoms with van der Waals surface area (Å²) in [6.45, 7) is 9.06. The first-order valence-electron chi connectivity index (χ1n) is 15.6. The van der Waals surface area contributed by atoms with E-state index in [1.807, 2.05) is 42.5 Å². The Bertz CT molecular complexity index is 2100. The highest BCUT2D eigenvalue weighted by atomic mass is 31.1. The molecule has 1 saturated heterocycles. The summed E-state index contributed by atoms with van der Waals surface area (Å²) < 4.78 is 14.5. The Morgan fingerprint density at radius 2 is 1.70 bits per heavy atom. The van der Waals surface area contributed by atoms with Crippen molar-refractivity contribution in [3.8, 4) is 22.6 Å². The highest BCUT2D eigenvalue weighted by Crippen LogP contribution is 2.51. The SMILES string of the molecule is CN1CCN(c2c(-c3cnn(C)c3)cc(Nc3nc(Nc4ccc5nccnc5c4P(C)C)c4cc[nH]c4n3)c3c2OCCO3)CC1. The number of rotatable bonds is 7. The van der Waals surface area contributed by atoms with E-state index in [4.69, 9.17) is 19.4 Å². The number of aryl methyl sites for hydroxylation is 1. The van der Waals surface area contributed by atoms with Crippen LogP contribution in [0.25, 0.3) is 33.2 Å². The molecule has 240 valence electrons. The Hall–Kier alpha value is -5.00. The standard InChI is InChI=1S/C33H36N11O2P/c1-42-11-13-44(14-12-42)27-22(20-18-37-43(2)19-20)17-25(28-29(27)46-16-15-45-28)39-33-40-31-21(7-8-36-31)32(41-33)38-24-6-5-23-26(30(24)47(3)4)35-10-9-34-23/h5-10,17-19H,11-16H2,1-4H3,(H3,36,38,39,40,41). The number of benzene rings is 2. The van der Waals surface area contributed by atoms with E-state index in [0.717, 1.165) is 81.8 Å². The van der Waals surface area contributed by atoms with Crippen molar-refractivity contribution in [2.24, 2.45) is 7.05 Å². The van der Waals surface area contributed by atoms with Crippen LogP contribution in [0.4, 0.5) is 28.8 Å². The zero-order valence-electron chi connectivity index (χ0n) is 26.8. The van der Waals surface area contributed by atoms with Gasteiger partial charge in [-0.25, -0.2) is 0 Å². The maximum absolute atomic E-state index is 6.40. The summed E-state index contributed by atoms with van der Waals surface area (Å²) >= 11 is 0. The third-order valence-corrected chi connectivity index (χ3v) is 9.94. The minimum atomic E-state index is -0.509. The first-order valence-corrected chi connectivity index (χ1v) is 17.9. The number of piperazine rings is 1. The lowest BCUT2D eigenvalue weighted by Gasteiger charge is -2.37. The molecule has 0 saturated carbocycles. The number of nitrogens with one attached hydrogen (secondary N) is 3. The summed E-state index contributed by atoms with van der Waals surface area (Å²) in [5, 5.41) is 13.6. The highest BCUT2D eigenvalue weighted by molar-refractivity contribution is 7.65. The van der Waals surface area contributed by atoms with Crippen LogP contribution < -0.4 is 30.3 Å². The van der Waals surface area contributed by atoms with E-state index < -0.39 is 7.92 Å². The molecular weight excluding hydrogens is 613 g/mol. The van der Waals surface area contributed by atoms with E-state index >= 15 is 0 Å². The predicted molar refractivity (Wildman–Crippen MR) is 188 cm³/mol. The third-order valence-electron chi connectivity index (χ3n) is 8.60. The quantitative estimate of drug-likeness (QED) is 0.208. The van der Waals surface area contributed by atoms with Gasteiger partial charge in [0.25, 0.3) is 0 Å². The van der Waals surface area contributed by atoms with Crippen LogP contribution in [0.3, 0.4) is 0 Å². The van der Waals surface area contributed by atoms with Gasteiger partial charge < -0.3 is 34.9 Å². The summed E-state index contributed by atoms with van der Waals surface area (Å²) in [5.41, 5.74) is 7.18. The number of nitrogens with zero attached hydrogens (tertiary/aromatic N) is 8. The average Bonchev–Trinajstić information content (AvgIpc) is 3.74. The van der Waals surface area contributed by atoms with Gasteiger partial charge >= 0.3 is 0 Å². The molecule has 4 aromatic heterocycles. The van der Waals surface area contributed by atoms with E-state index in [1.165, 1.54) is 0 Å². The number of fused-ring (bicyclic) bond motifs is 3. The summed E-state index contributed by atoms with van der Waals surface area (Å²) in [7, 11) is 3.58. The lowest BCUT2D eigenvalue weighted by Crippen LogP contribution is -2.45. The zero-order chi connectivity index (χ0) is 32.1. The van der Waals surface area contributed by atoms with Crippen LogP contribution >= 0.6 is 7.92 Å². The first kappa shape index (κ1) is 29.4. The van der Waals surface area contributed by atoms with Crippen molar-refractivity contribution >= 4 is 64.1 Å². The summed E-state index contributed by atoms with van der Waals surface area (Å²) in [6, 6.07) is 8.14. The summed E-state index contributed by atoms with van der Waals surface area (Å²) in [6.07, 6.45) is 9.26. The molecule has 2 aliphatic heterocycles. The summed E-state index contributed by atoms with van der Waals surface area (Å²) in [5.74, 6) is 2.47. The fourth-order valence-corrected chi connectivity index (χ4v) is 7.54. The second-order valence-electron chi connectivity index (χ2n) is 12.0. The molecule has 0 bridgehead atoms. The molecule has 3 N–H and O–H groups in total. The van der Waals surface area contributed by atoms with Gasteiger partial charge in [0, 0.05) is 80.1 Å². The molecule has 0 radical (unpaired) electrons. The minimum absolute atomic E-state index is 0.417. The molecule has 0 spiro atoms. The third kappa shape index (κ3) is 5.45. The molecule has 47 heavy (non-hydrogen) atoms. The Labute approximate surface area is 273 Å². The number of aromatic nitrogens is 7. The van der Waals surface area contributed by atoms with Crippen LogP contribution in [0.15, 0.2) is 55.2 Å². The minimum Gasteiger partial charge on any atom is -0.484 e. The highest BCUT2D eigenvalue weighted by Gasteiger charge is 2.30. The van der Waals surface area contributed by atoms with Crippen LogP contribution in [-0.4, -0.2) is 99.4 Å². The fourth-order valence-electron chi connectivity index (χ4n) is 6.33. The second kappa shape index (κ2) is 12.0. The van der Waals surface area contributed by atoms with Gasteiger partial charge in [0.2, 0.25) is 5.95 Å². The molecule has 6 aromatic rings. The van der Waals surface area contributed by atoms with Gasteiger partial charge in [-0.2, -0.15) is 15.1 Å². The number of hydrogen-bond donors (Lipinski definition) is 3. The van der Waals surface area contributed by atoms with Crippen LogP contribution in [-0.2, 0) is 7.05 Å². The first-order chi connectivity index (χ1) is 22.9. The predicted octanol–water partition coefficient (Wildman–Crippen LogP) is 4.68. The molecule has 1 fully saturated rings. The van der Waals surface area contributed by atoms with E-state index in [2.05, 4.69) is 73.0 Å².